The summed E-state index contributed by atoms with van der Waals surface area (Å²) < 4.78 is 0. The second-order valence-corrected chi connectivity index (χ2v) is 5.37. The van der Waals surface area contributed by atoms with Crippen LogP contribution in [0.15, 0.2) is 24.8 Å². The lowest BCUT2D eigenvalue weighted by molar-refractivity contribution is 0.554. The highest BCUT2D eigenvalue weighted by Gasteiger charge is 2.05. The molecule has 90 valence electrons. The summed E-state index contributed by atoms with van der Waals surface area (Å²) in [4.78, 5) is 13.7. The van der Waals surface area contributed by atoms with Crippen molar-refractivity contribution in [2.45, 2.75) is 20.4 Å². The number of hydrogen-bond donors (Lipinski definition) is 1. The minimum Gasteiger partial charge on any atom is -0.312 e. The number of nitrogens with one attached hydrogen (secondary N) is 1. The standard InChI is InChI=1S/C12H16N4S/c1-9(2)5-14-6-10-7-15-12(17-10)11-3-4-13-8-16-11/h3-4,7-9,14H,5-6H2,1-2H3. The first-order valence-electron chi connectivity index (χ1n) is 5.67. The third kappa shape index (κ3) is 3.57. The highest BCUT2D eigenvalue weighted by molar-refractivity contribution is 7.14. The Hall–Kier alpha value is -1.33. The number of aromatic nitrogens is 3. The van der Waals surface area contributed by atoms with Crippen molar-refractivity contribution in [3.05, 3.63) is 29.7 Å². The molecule has 5 heteroatoms. The van der Waals surface area contributed by atoms with E-state index in [0.717, 1.165) is 23.8 Å². The Balaban J connectivity index is 1.97. The second kappa shape index (κ2) is 5.84. The molecule has 0 saturated heterocycles. The fraction of sp³-hybridized carbons (Fsp3) is 0.417. The molecule has 1 N–H and O–H groups in total. The largest absolute Gasteiger partial charge is 0.312 e. The SMILES string of the molecule is CC(C)CNCc1cnc(-c2ccncn2)s1. The summed E-state index contributed by atoms with van der Waals surface area (Å²) >= 11 is 1.67. The molecule has 0 fully saturated rings. The van der Waals surface area contributed by atoms with E-state index in [9.17, 15) is 0 Å². The zero-order valence-electron chi connectivity index (χ0n) is 10.1. The number of rotatable bonds is 5. The molecule has 2 aromatic heterocycles. The van der Waals surface area contributed by atoms with E-state index in [0.29, 0.717) is 5.92 Å². The van der Waals surface area contributed by atoms with Gasteiger partial charge in [-0.1, -0.05) is 13.8 Å². The van der Waals surface area contributed by atoms with Crippen LogP contribution in [0.3, 0.4) is 0 Å². The minimum absolute atomic E-state index is 0.671. The molecule has 0 bridgehead atoms. The summed E-state index contributed by atoms with van der Waals surface area (Å²) in [6, 6.07) is 1.88. The van der Waals surface area contributed by atoms with E-state index in [1.54, 1.807) is 23.9 Å². The monoisotopic (exact) mass is 248 g/mol. The van der Waals surface area contributed by atoms with Gasteiger partial charge in [-0.05, 0) is 18.5 Å². The van der Waals surface area contributed by atoms with Crippen LogP contribution in [-0.4, -0.2) is 21.5 Å². The van der Waals surface area contributed by atoms with Crippen LogP contribution in [0.2, 0.25) is 0 Å². The van der Waals surface area contributed by atoms with Crippen LogP contribution in [0.1, 0.15) is 18.7 Å². The Morgan fingerprint density at radius 1 is 1.35 bits per heavy atom. The van der Waals surface area contributed by atoms with Gasteiger partial charge in [-0.15, -0.1) is 11.3 Å². The maximum atomic E-state index is 4.37. The highest BCUT2D eigenvalue weighted by Crippen LogP contribution is 2.22. The molecule has 17 heavy (non-hydrogen) atoms. The second-order valence-electron chi connectivity index (χ2n) is 4.25. The van der Waals surface area contributed by atoms with Gasteiger partial charge in [0.15, 0.2) is 0 Å². The van der Waals surface area contributed by atoms with Crippen LogP contribution in [-0.2, 0) is 6.54 Å². The zero-order chi connectivity index (χ0) is 12.1. The van der Waals surface area contributed by atoms with Crippen LogP contribution >= 0.6 is 11.3 Å². The van der Waals surface area contributed by atoms with Gasteiger partial charge in [0.25, 0.3) is 0 Å². The smallest absolute Gasteiger partial charge is 0.142 e. The van der Waals surface area contributed by atoms with E-state index in [1.165, 1.54) is 4.88 Å². The van der Waals surface area contributed by atoms with Crippen molar-refractivity contribution in [1.82, 2.24) is 20.3 Å². The lowest BCUT2D eigenvalue weighted by atomic mass is 10.2. The van der Waals surface area contributed by atoms with Crippen molar-refractivity contribution >= 4 is 11.3 Å². The molecule has 0 amide bonds. The molecule has 0 aliphatic rings. The molecule has 2 heterocycles. The third-order valence-electron chi connectivity index (χ3n) is 2.21. The fourth-order valence-electron chi connectivity index (χ4n) is 1.41. The van der Waals surface area contributed by atoms with E-state index in [2.05, 4.69) is 34.1 Å². The van der Waals surface area contributed by atoms with Gasteiger partial charge in [-0.3, -0.25) is 0 Å². The first-order valence-corrected chi connectivity index (χ1v) is 6.49. The summed E-state index contributed by atoms with van der Waals surface area (Å²) in [5, 5.41) is 4.36. The Bertz CT molecular complexity index is 453. The maximum absolute atomic E-state index is 4.37. The van der Waals surface area contributed by atoms with E-state index in [1.807, 2.05) is 12.3 Å². The molecule has 0 saturated carbocycles. The zero-order valence-corrected chi connectivity index (χ0v) is 10.9. The van der Waals surface area contributed by atoms with Crippen LogP contribution in [0.5, 0.6) is 0 Å². The van der Waals surface area contributed by atoms with Crippen LogP contribution in [0.25, 0.3) is 10.7 Å². The van der Waals surface area contributed by atoms with E-state index in [4.69, 9.17) is 0 Å². The molecule has 0 aliphatic carbocycles. The first-order chi connectivity index (χ1) is 8.25. The Labute approximate surface area is 105 Å². The van der Waals surface area contributed by atoms with Crippen molar-refractivity contribution in [1.29, 1.82) is 0 Å². The van der Waals surface area contributed by atoms with Crippen molar-refractivity contribution in [2.24, 2.45) is 5.92 Å². The average Bonchev–Trinajstić information content (AvgIpc) is 2.78. The van der Waals surface area contributed by atoms with Crippen molar-refractivity contribution in [3.8, 4) is 10.7 Å². The number of thiazole rings is 1. The molecule has 0 radical (unpaired) electrons. The average molecular weight is 248 g/mol. The molecular formula is C12H16N4S. The summed E-state index contributed by atoms with van der Waals surface area (Å²) in [5.74, 6) is 0.671. The van der Waals surface area contributed by atoms with Crippen LogP contribution in [0, 0.1) is 5.92 Å². The third-order valence-corrected chi connectivity index (χ3v) is 3.23. The van der Waals surface area contributed by atoms with Gasteiger partial charge in [0, 0.05) is 23.8 Å². The van der Waals surface area contributed by atoms with Gasteiger partial charge >= 0.3 is 0 Å². The summed E-state index contributed by atoms with van der Waals surface area (Å²) in [6.45, 7) is 6.31. The molecule has 2 rings (SSSR count). The maximum Gasteiger partial charge on any atom is 0.142 e. The predicted octanol–water partition coefficient (Wildman–Crippen LogP) is 2.35. The Morgan fingerprint density at radius 3 is 2.94 bits per heavy atom. The minimum atomic E-state index is 0.671. The van der Waals surface area contributed by atoms with Gasteiger partial charge < -0.3 is 5.32 Å². The Morgan fingerprint density at radius 2 is 2.24 bits per heavy atom. The summed E-state index contributed by atoms with van der Waals surface area (Å²) in [6.07, 6.45) is 5.20. The molecule has 4 nitrogen and oxygen atoms in total. The fourth-order valence-corrected chi connectivity index (χ4v) is 2.27. The summed E-state index contributed by atoms with van der Waals surface area (Å²) in [5.41, 5.74) is 0.889. The predicted molar refractivity (Wildman–Crippen MR) is 69.7 cm³/mol. The van der Waals surface area contributed by atoms with Gasteiger partial charge in [-0.2, -0.15) is 0 Å². The topological polar surface area (TPSA) is 50.7 Å². The van der Waals surface area contributed by atoms with Gasteiger partial charge in [-0.25, -0.2) is 15.0 Å². The van der Waals surface area contributed by atoms with E-state index in [-0.39, 0.29) is 0 Å². The molecule has 0 spiro atoms. The van der Waals surface area contributed by atoms with E-state index < -0.39 is 0 Å². The first kappa shape index (κ1) is 12.1. The van der Waals surface area contributed by atoms with Crippen molar-refractivity contribution in [2.75, 3.05) is 6.54 Å². The lowest BCUT2D eigenvalue weighted by Crippen LogP contribution is -2.18. The van der Waals surface area contributed by atoms with Crippen molar-refractivity contribution in [3.63, 3.8) is 0 Å². The molecule has 2 aromatic rings. The quantitative estimate of drug-likeness (QED) is 0.882. The van der Waals surface area contributed by atoms with Crippen LogP contribution < -0.4 is 5.32 Å². The van der Waals surface area contributed by atoms with E-state index >= 15 is 0 Å². The molecular weight excluding hydrogens is 232 g/mol. The van der Waals surface area contributed by atoms with Crippen molar-refractivity contribution < 1.29 is 0 Å². The Kier molecular flexibility index (Phi) is 4.17. The van der Waals surface area contributed by atoms with Gasteiger partial charge in [0.05, 0.1) is 0 Å². The molecule has 0 aromatic carbocycles. The number of hydrogen-bond acceptors (Lipinski definition) is 5. The van der Waals surface area contributed by atoms with Crippen LogP contribution in [0.4, 0.5) is 0 Å². The normalized spacial score (nSPS) is 11.0. The van der Waals surface area contributed by atoms with Gasteiger partial charge in [0.2, 0.25) is 0 Å². The molecule has 0 aliphatic heterocycles. The lowest BCUT2D eigenvalue weighted by Gasteiger charge is -2.04. The number of nitrogens with zero attached hydrogens (tertiary/aromatic N) is 3. The summed E-state index contributed by atoms with van der Waals surface area (Å²) in [7, 11) is 0. The highest BCUT2D eigenvalue weighted by atomic mass is 32.1. The molecule has 0 unspecified atom stereocenters. The molecule has 0 atom stereocenters. The van der Waals surface area contributed by atoms with Gasteiger partial charge in [0.1, 0.15) is 17.0 Å².